The first-order valence-electron chi connectivity index (χ1n) is 7.23. The fourth-order valence-electron chi connectivity index (χ4n) is 2.25. The number of pyridine rings is 1. The van der Waals surface area contributed by atoms with E-state index in [0.717, 1.165) is 12.0 Å². The number of aliphatic hydroxyl groups is 1. The van der Waals surface area contributed by atoms with Crippen LogP contribution in [-0.4, -0.2) is 16.0 Å². The van der Waals surface area contributed by atoms with Gasteiger partial charge in [0, 0.05) is 17.4 Å². The molecule has 2 atom stereocenters. The predicted molar refractivity (Wildman–Crippen MR) is 86.4 cm³/mol. The molecule has 0 fully saturated rings. The summed E-state index contributed by atoms with van der Waals surface area (Å²) in [7, 11) is 0. The summed E-state index contributed by atoms with van der Waals surface area (Å²) in [5.74, 6) is -0.189. The van der Waals surface area contributed by atoms with Crippen molar-refractivity contribution in [3.05, 3.63) is 64.9 Å². The van der Waals surface area contributed by atoms with Crippen molar-refractivity contribution in [1.29, 1.82) is 0 Å². The molecule has 116 valence electrons. The standard InChI is InChI=1S/C17H19ClN2O2/c1-2-15(12-7-9-19-10-8-12)20-17(22)11-16(21)13-3-5-14(18)6-4-13/h3-10,15-16,21H,2,11H2,1H3,(H,20,22). The molecule has 0 spiro atoms. The monoisotopic (exact) mass is 318 g/mol. The Kier molecular flexibility index (Phi) is 5.92. The summed E-state index contributed by atoms with van der Waals surface area (Å²) < 4.78 is 0. The van der Waals surface area contributed by atoms with Crippen LogP contribution in [0.3, 0.4) is 0 Å². The quantitative estimate of drug-likeness (QED) is 0.857. The Labute approximate surface area is 135 Å². The van der Waals surface area contributed by atoms with Crippen molar-refractivity contribution < 1.29 is 9.90 Å². The summed E-state index contributed by atoms with van der Waals surface area (Å²) in [5, 5.41) is 13.7. The zero-order chi connectivity index (χ0) is 15.9. The third-order valence-electron chi connectivity index (χ3n) is 3.49. The molecule has 0 radical (unpaired) electrons. The van der Waals surface area contributed by atoms with Gasteiger partial charge in [0.25, 0.3) is 0 Å². The minimum atomic E-state index is -0.841. The van der Waals surface area contributed by atoms with E-state index in [1.165, 1.54) is 0 Å². The van der Waals surface area contributed by atoms with Crippen molar-refractivity contribution in [3.8, 4) is 0 Å². The number of nitrogens with zero attached hydrogens (tertiary/aromatic N) is 1. The molecule has 0 bridgehead atoms. The van der Waals surface area contributed by atoms with Crippen LogP contribution in [-0.2, 0) is 4.79 Å². The van der Waals surface area contributed by atoms with Crippen LogP contribution < -0.4 is 5.32 Å². The Morgan fingerprint density at radius 3 is 2.41 bits per heavy atom. The van der Waals surface area contributed by atoms with Crippen LogP contribution in [0.1, 0.15) is 43.0 Å². The molecule has 1 aromatic heterocycles. The van der Waals surface area contributed by atoms with Crippen molar-refractivity contribution in [1.82, 2.24) is 10.3 Å². The van der Waals surface area contributed by atoms with Gasteiger partial charge in [-0.2, -0.15) is 0 Å². The van der Waals surface area contributed by atoms with Crippen LogP contribution in [0.2, 0.25) is 5.02 Å². The summed E-state index contributed by atoms with van der Waals surface area (Å²) in [6.45, 7) is 2.00. The molecule has 22 heavy (non-hydrogen) atoms. The zero-order valence-electron chi connectivity index (χ0n) is 12.4. The topological polar surface area (TPSA) is 62.2 Å². The number of hydrogen-bond acceptors (Lipinski definition) is 3. The highest BCUT2D eigenvalue weighted by molar-refractivity contribution is 6.30. The molecular formula is C17H19ClN2O2. The largest absolute Gasteiger partial charge is 0.388 e. The van der Waals surface area contributed by atoms with Crippen LogP contribution in [0.25, 0.3) is 0 Å². The first-order valence-corrected chi connectivity index (χ1v) is 7.60. The molecular weight excluding hydrogens is 300 g/mol. The highest BCUT2D eigenvalue weighted by Crippen LogP contribution is 2.20. The summed E-state index contributed by atoms with van der Waals surface area (Å²) in [4.78, 5) is 16.1. The molecule has 0 aliphatic rings. The van der Waals surface area contributed by atoms with Crippen LogP contribution in [0.5, 0.6) is 0 Å². The normalized spacial score (nSPS) is 13.4. The van der Waals surface area contributed by atoms with E-state index in [1.807, 2.05) is 19.1 Å². The fraction of sp³-hybridized carbons (Fsp3) is 0.294. The number of halogens is 1. The molecule has 1 aromatic carbocycles. The third-order valence-corrected chi connectivity index (χ3v) is 3.74. The van der Waals surface area contributed by atoms with E-state index in [1.54, 1.807) is 36.7 Å². The molecule has 4 nitrogen and oxygen atoms in total. The van der Waals surface area contributed by atoms with Gasteiger partial charge in [-0.25, -0.2) is 0 Å². The molecule has 2 N–H and O–H groups in total. The minimum absolute atomic E-state index is 0.0171. The van der Waals surface area contributed by atoms with E-state index >= 15 is 0 Å². The van der Waals surface area contributed by atoms with Crippen molar-refractivity contribution in [2.24, 2.45) is 0 Å². The van der Waals surface area contributed by atoms with Crippen LogP contribution in [0.4, 0.5) is 0 Å². The fourth-order valence-corrected chi connectivity index (χ4v) is 2.37. The summed E-state index contributed by atoms with van der Waals surface area (Å²) >= 11 is 5.81. The lowest BCUT2D eigenvalue weighted by Crippen LogP contribution is -2.29. The summed E-state index contributed by atoms with van der Waals surface area (Å²) in [5.41, 5.74) is 1.68. The third kappa shape index (κ3) is 4.55. The van der Waals surface area contributed by atoms with E-state index in [4.69, 9.17) is 11.6 Å². The smallest absolute Gasteiger partial charge is 0.223 e. The van der Waals surface area contributed by atoms with Gasteiger partial charge in [-0.15, -0.1) is 0 Å². The number of aromatic nitrogens is 1. The van der Waals surface area contributed by atoms with E-state index < -0.39 is 6.10 Å². The number of carbonyl (C=O) groups is 1. The second-order valence-corrected chi connectivity index (χ2v) is 5.52. The first-order chi connectivity index (χ1) is 10.6. The molecule has 0 saturated heterocycles. The van der Waals surface area contributed by atoms with E-state index in [0.29, 0.717) is 10.6 Å². The molecule has 2 unspecified atom stereocenters. The van der Waals surface area contributed by atoms with Gasteiger partial charge in [0.05, 0.1) is 18.6 Å². The highest BCUT2D eigenvalue weighted by Gasteiger charge is 2.17. The van der Waals surface area contributed by atoms with Crippen LogP contribution in [0, 0.1) is 0 Å². The van der Waals surface area contributed by atoms with E-state index in [2.05, 4.69) is 10.3 Å². The van der Waals surface area contributed by atoms with Crippen molar-refractivity contribution in [2.75, 3.05) is 0 Å². The first kappa shape index (κ1) is 16.5. The minimum Gasteiger partial charge on any atom is -0.388 e. The lowest BCUT2D eigenvalue weighted by Gasteiger charge is -2.18. The maximum atomic E-state index is 12.1. The number of benzene rings is 1. The average Bonchev–Trinajstić information content (AvgIpc) is 2.54. The van der Waals surface area contributed by atoms with Gasteiger partial charge in [-0.05, 0) is 41.8 Å². The Balaban J connectivity index is 1.95. The lowest BCUT2D eigenvalue weighted by atomic mass is 10.0. The number of carbonyl (C=O) groups excluding carboxylic acids is 1. The van der Waals surface area contributed by atoms with Crippen molar-refractivity contribution in [2.45, 2.75) is 31.9 Å². The molecule has 2 aromatic rings. The van der Waals surface area contributed by atoms with Crippen LogP contribution in [0.15, 0.2) is 48.8 Å². The molecule has 1 heterocycles. The molecule has 2 rings (SSSR count). The van der Waals surface area contributed by atoms with Crippen molar-refractivity contribution >= 4 is 17.5 Å². The van der Waals surface area contributed by atoms with Gasteiger partial charge < -0.3 is 10.4 Å². The second-order valence-electron chi connectivity index (χ2n) is 5.08. The van der Waals surface area contributed by atoms with E-state index in [-0.39, 0.29) is 18.4 Å². The predicted octanol–water partition coefficient (Wildman–Crippen LogP) is 3.43. The van der Waals surface area contributed by atoms with Crippen molar-refractivity contribution in [3.63, 3.8) is 0 Å². The maximum absolute atomic E-state index is 12.1. The van der Waals surface area contributed by atoms with Gasteiger partial charge in [0.2, 0.25) is 5.91 Å². The maximum Gasteiger partial charge on any atom is 0.223 e. The highest BCUT2D eigenvalue weighted by atomic mass is 35.5. The molecule has 0 aliphatic heterocycles. The zero-order valence-corrected chi connectivity index (χ0v) is 13.1. The second kappa shape index (κ2) is 7.92. The Morgan fingerprint density at radius 1 is 1.18 bits per heavy atom. The molecule has 0 saturated carbocycles. The average molecular weight is 319 g/mol. The number of nitrogens with one attached hydrogen (secondary N) is 1. The molecule has 1 amide bonds. The molecule has 5 heteroatoms. The van der Waals surface area contributed by atoms with Gasteiger partial charge in [-0.3, -0.25) is 9.78 Å². The summed E-state index contributed by atoms with van der Waals surface area (Å²) in [6, 6.07) is 10.5. The lowest BCUT2D eigenvalue weighted by molar-refractivity contribution is -0.123. The van der Waals surface area contributed by atoms with Crippen LogP contribution >= 0.6 is 11.6 Å². The van der Waals surface area contributed by atoms with Gasteiger partial charge in [0.1, 0.15) is 0 Å². The summed E-state index contributed by atoms with van der Waals surface area (Å²) in [6.07, 6.45) is 3.35. The Hall–Kier alpha value is -1.91. The van der Waals surface area contributed by atoms with Gasteiger partial charge >= 0.3 is 0 Å². The SMILES string of the molecule is CCC(NC(=O)CC(O)c1ccc(Cl)cc1)c1ccncc1. The van der Waals surface area contributed by atoms with E-state index in [9.17, 15) is 9.90 Å². The van der Waals surface area contributed by atoms with Gasteiger partial charge in [0.15, 0.2) is 0 Å². The number of amides is 1. The van der Waals surface area contributed by atoms with Gasteiger partial charge in [-0.1, -0.05) is 30.7 Å². The Morgan fingerprint density at radius 2 is 1.82 bits per heavy atom. The number of rotatable bonds is 6. The Bertz CT molecular complexity index is 602. The number of aliphatic hydroxyl groups excluding tert-OH is 1. The molecule has 0 aliphatic carbocycles. The number of hydrogen-bond donors (Lipinski definition) is 2.